The van der Waals surface area contributed by atoms with Gasteiger partial charge in [0.1, 0.15) is 0 Å². The highest BCUT2D eigenvalue weighted by Crippen LogP contribution is 2.28. The molecule has 1 N–H and O–H groups in total. The SMILES string of the molecule is C[C@@H](NC(=O)CSc1nnc(-c2ccccc2Cl)o1)c1ccccc1. The minimum Gasteiger partial charge on any atom is -0.411 e. The minimum absolute atomic E-state index is 0.0596. The Bertz CT molecular complexity index is 854. The second kappa shape index (κ2) is 8.18. The average molecular weight is 374 g/mol. The molecule has 1 amide bonds. The van der Waals surface area contributed by atoms with Crippen molar-refractivity contribution >= 4 is 29.3 Å². The lowest BCUT2D eigenvalue weighted by Gasteiger charge is -2.13. The summed E-state index contributed by atoms with van der Waals surface area (Å²) < 4.78 is 5.57. The van der Waals surface area contributed by atoms with Crippen LogP contribution in [0.25, 0.3) is 11.5 Å². The maximum atomic E-state index is 12.1. The van der Waals surface area contributed by atoms with Crippen LogP contribution < -0.4 is 5.32 Å². The fourth-order valence-corrected chi connectivity index (χ4v) is 3.04. The molecule has 1 atom stereocenters. The van der Waals surface area contributed by atoms with E-state index < -0.39 is 0 Å². The summed E-state index contributed by atoms with van der Waals surface area (Å²) in [6, 6.07) is 17.0. The van der Waals surface area contributed by atoms with Gasteiger partial charge in [-0.15, -0.1) is 10.2 Å². The van der Waals surface area contributed by atoms with Gasteiger partial charge >= 0.3 is 0 Å². The van der Waals surface area contributed by atoms with Crippen molar-refractivity contribution in [3.8, 4) is 11.5 Å². The van der Waals surface area contributed by atoms with E-state index >= 15 is 0 Å². The molecule has 0 fully saturated rings. The fourth-order valence-electron chi connectivity index (χ4n) is 2.25. The number of thioether (sulfide) groups is 1. The zero-order chi connectivity index (χ0) is 17.6. The van der Waals surface area contributed by atoms with Crippen LogP contribution in [0.1, 0.15) is 18.5 Å². The van der Waals surface area contributed by atoms with Gasteiger partial charge in [-0.05, 0) is 24.6 Å². The van der Waals surface area contributed by atoms with Crippen molar-refractivity contribution in [3.05, 3.63) is 65.2 Å². The molecule has 0 radical (unpaired) electrons. The number of nitrogens with one attached hydrogen (secondary N) is 1. The third-order valence-electron chi connectivity index (χ3n) is 3.51. The summed E-state index contributed by atoms with van der Waals surface area (Å²) >= 11 is 7.30. The lowest BCUT2D eigenvalue weighted by Crippen LogP contribution is -2.28. The van der Waals surface area contributed by atoms with Gasteiger partial charge in [-0.2, -0.15) is 0 Å². The molecule has 5 nitrogen and oxygen atoms in total. The standard InChI is InChI=1S/C18H16ClN3O2S/c1-12(13-7-3-2-4-8-13)20-16(23)11-25-18-22-21-17(24-18)14-9-5-6-10-15(14)19/h2-10,12H,11H2,1H3,(H,20,23)/t12-/m1/s1. The van der Waals surface area contributed by atoms with Gasteiger partial charge < -0.3 is 9.73 Å². The maximum absolute atomic E-state index is 12.1. The number of benzene rings is 2. The summed E-state index contributed by atoms with van der Waals surface area (Å²) in [4.78, 5) is 12.1. The summed E-state index contributed by atoms with van der Waals surface area (Å²) in [5.74, 6) is 0.437. The summed E-state index contributed by atoms with van der Waals surface area (Å²) in [5.41, 5.74) is 1.73. The van der Waals surface area contributed by atoms with Gasteiger partial charge in [0.25, 0.3) is 5.22 Å². The van der Waals surface area contributed by atoms with Crippen LogP contribution in [-0.2, 0) is 4.79 Å². The highest BCUT2D eigenvalue weighted by molar-refractivity contribution is 7.99. The number of hydrogen-bond donors (Lipinski definition) is 1. The molecule has 0 aliphatic heterocycles. The Morgan fingerprint density at radius 1 is 1.16 bits per heavy atom. The van der Waals surface area contributed by atoms with E-state index in [1.165, 1.54) is 11.8 Å². The van der Waals surface area contributed by atoms with Crippen molar-refractivity contribution in [2.45, 2.75) is 18.2 Å². The second-order valence-corrected chi connectivity index (χ2v) is 6.68. The Kier molecular flexibility index (Phi) is 5.73. The Balaban J connectivity index is 1.55. The van der Waals surface area contributed by atoms with Crippen molar-refractivity contribution in [1.29, 1.82) is 0 Å². The molecule has 0 aliphatic rings. The summed E-state index contributed by atoms with van der Waals surface area (Å²) in [6.07, 6.45) is 0. The number of carbonyl (C=O) groups is 1. The summed E-state index contributed by atoms with van der Waals surface area (Å²) in [5, 5.41) is 11.7. The van der Waals surface area contributed by atoms with Crippen LogP contribution >= 0.6 is 23.4 Å². The van der Waals surface area contributed by atoms with Gasteiger partial charge in [-0.1, -0.05) is 65.8 Å². The fraction of sp³-hybridized carbons (Fsp3) is 0.167. The van der Waals surface area contributed by atoms with Crippen molar-refractivity contribution in [1.82, 2.24) is 15.5 Å². The quantitative estimate of drug-likeness (QED) is 0.650. The van der Waals surface area contributed by atoms with Crippen LogP contribution in [0.4, 0.5) is 0 Å². The Morgan fingerprint density at radius 2 is 1.88 bits per heavy atom. The lowest BCUT2D eigenvalue weighted by atomic mass is 10.1. The molecule has 3 aromatic rings. The number of halogens is 1. The van der Waals surface area contributed by atoms with Crippen molar-refractivity contribution < 1.29 is 9.21 Å². The molecular formula is C18H16ClN3O2S. The number of aromatic nitrogens is 2. The van der Waals surface area contributed by atoms with Gasteiger partial charge in [0.15, 0.2) is 0 Å². The molecule has 25 heavy (non-hydrogen) atoms. The zero-order valence-corrected chi connectivity index (χ0v) is 15.1. The molecule has 0 bridgehead atoms. The highest BCUT2D eigenvalue weighted by Gasteiger charge is 2.14. The molecule has 1 heterocycles. The second-order valence-electron chi connectivity index (χ2n) is 5.34. The average Bonchev–Trinajstić information content (AvgIpc) is 3.10. The van der Waals surface area contributed by atoms with E-state index in [0.29, 0.717) is 21.7 Å². The molecule has 0 spiro atoms. The number of carbonyl (C=O) groups excluding carboxylic acids is 1. The van der Waals surface area contributed by atoms with E-state index in [-0.39, 0.29) is 17.7 Å². The topological polar surface area (TPSA) is 68.0 Å². The molecule has 2 aromatic carbocycles. The smallest absolute Gasteiger partial charge is 0.277 e. The van der Waals surface area contributed by atoms with Crippen LogP contribution in [0.5, 0.6) is 0 Å². The monoisotopic (exact) mass is 373 g/mol. The Hall–Kier alpha value is -2.31. The molecule has 0 unspecified atom stereocenters. The van der Waals surface area contributed by atoms with E-state index in [1.807, 2.05) is 49.4 Å². The normalized spacial score (nSPS) is 11.9. The van der Waals surface area contributed by atoms with E-state index in [9.17, 15) is 4.79 Å². The van der Waals surface area contributed by atoms with Crippen molar-refractivity contribution in [3.63, 3.8) is 0 Å². The molecule has 0 saturated carbocycles. The number of nitrogens with zero attached hydrogens (tertiary/aromatic N) is 2. The first-order chi connectivity index (χ1) is 12.1. The van der Waals surface area contributed by atoms with Gasteiger partial charge in [0.05, 0.1) is 22.4 Å². The van der Waals surface area contributed by atoms with Crippen molar-refractivity contribution in [2.75, 3.05) is 5.75 Å². The van der Waals surface area contributed by atoms with Crippen LogP contribution in [0.3, 0.4) is 0 Å². The molecule has 3 rings (SSSR count). The molecule has 0 saturated heterocycles. The number of rotatable bonds is 6. The molecule has 7 heteroatoms. The predicted octanol–water partition coefficient (Wildman–Crippen LogP) is 4.36. The van der Waals surface area contributed by atoms with Crippen molar-refractivity contribution in [2.24, 2.45) is 0 Å². The minimum atomic E-state index is -0.0983. The molecule has 1 aromatic heterocycles. The van der Waals surface area contributed by atoms with E-state index in [2.05, 4.69) is 15.5 Å². The van der Waals surface area contributed by atoms with E-state index in [1.54, 1.807) is 12.1 Å². The molecular weight excluding hydrogens is 358 g/mol. The van der Waals surface area contributed by atoms with Crippen LogP contribution in [0, 0.1) is 0 Å². The summed E-state index contributed by atoms with van der Waals surface area (Å²) in [6.45, 7) is 1.94. The zero-order valence-electron chi connectivity index (χ0n) is 13.5. The largest absolute Gasteiger partial charge is 0.411 e. The van der Waals surface area contributed by atoms with Gasteiger partial charge in [0, 0.05) is 0 Å². The third-order valence-corrected chi connectivity index (χ3v) is 4.66. The van der Waals surface area contributed by atoms with Crippen LogP contribution in [0.15, 0.2) is 64.2 Å². The van der Waals surface area contributed by atoms with Gasteiger partial charge in [-0.25, -0.2) is 0 Å². The van der Waals surface area contributed by atoms with E-state index in [4.69, 9.17) is 16.0 Å². The third kappa shape index (κ3) is 4.61. The number of hydrogen-bond acceptors (Lipinski definition) is 5. The highest BCUT2D eigenvalue weighted by atomic mass is 35.5. The summed E-state index contributed by atoms with van der Waals surface area (Å²) in [7, 11) is 0. The van der Waals surface area contributed by atoms with E-state index in [0.717, 1.165) is 5.56 Å². The van der Waals surface area contributed by atoms with Crippen LogP contribution in [-0.4, -0.2) is 21.9 Å². The molecule has 0 aliphatic carbocycles. The van der Waals surface area contributed by atoms with Crippen LogP contribution in [0.2, 0.25) is 5.02 Å². The lowest BCUT2D eigenvalue weighted by molar-refractivity contribution is -0.119. The Morgan fingerprint density at radius 3 is 2.64 bits per heavy atom. The predicted molar refractivity (Wildman–Crippen MR) is 98.5 cm³/mol. The molecule has 128 valence electrons. The Labute approximate surface area is 154 Å². The number of amides is 1. The maximum Gasteiger partial charge on any atom is 0.277 e. The van der Waals surface area contributed by atoms with Gasteiger partial charge in [0.2, 0.25) is 11.8 Å². The first kappa shape index (κ1) is 17.5. The van der Waals surface area contributed by atoms with Gasteiger partial charge in [-0.3, -0.25) is 4.79 Å². The first-order valence-corrected chi connectivity index (χ1v) is 9.05. The first-order valence-electron chi connectivity index (χ1n) is 7.69.